The number of nitrogens with zero attached hydrogens (tertiary/aromatic N) is 2. The van der Waals surface area contributed by atoms with E-state index in [1.165, 1.54) is 10.9 Å². The number of hydrogen-bond acceptors (Lipinski definition) is 3. The Morgan fingerprint density at radius 1 is 1.67 bits per heavy atom. The molecule has 0 saturated heterocycles. The number of hydrogen-bond donors (Lipinski definition) is 1. The number of carbonyl (C=O) groups excluding carboxylic acids is 1. The first-order valence-electron chi connectivity index (χ1n) is 4.15. The molecule has 0 aliphatic carbocycles. The van der Waals surface area contributed by atoms with Crippen LogP contribution in [0, 0.1) is 6.92 Å². The van der Waals surface area contributed by atoms with Crippen LogP contribution in [0.2, 0.25) is 0 Å². The van der Waals surface area contributed by atoms with Gasteiger partial charge in [0, 0.05) is 19.3 Å². The van der Waals surface area contributed by atoms with Gasteiger partial charge in [-0.1, -0.05) is 0 Å². The molecule has 0 atom stereocenters. The number of aliphatic hydroxyl groups is 1. The number of aliphatic hydroxyl groups excluding tert-OH is 1. The lowest BCUT2D eigenvalue weighted by Gasteiger charge is -1.96. The van der Waals surface area contributed by atoms with E-state index in [1.54, 1.807) is 14.0 Å². The van der Waals surface area contributed by atoms with Crippen LogP contribution in [0.3, 0.4) is 0 Å². The molecule has 0 unspecified atom stereocenters. The summed E-state index contributed by atoms with van der Waals surface area (Å²) < 4.78 is 25.2. The van der Waals surface area contributed by atoms with Crippen molar-refractivity contribution in [1.29, 1.82) is 0 Å². The molecule has 1 rings (SSSR count). The molecule has 0 aromatic carbocycles. The minimum Gasteiger partial charge on any atom is -0.507 e. The van der Waals surface area contributed by atoms with E-state index < -0.39 is 18.0 Å². The van der Waals surface area contributed by atoms with Gasteiger partial charge in [-0.3, -0.25) is 9.48 Å². The molecular weight excluding hydrogens is 206 g/mol. The summed E-state index contributed by atoms with van der Waals surface area (Å²) in [5.41, 5.74) is 0.736. The van der Waals surface area contributed by atoms with Crippen LogP contribution in [-0.2, 0) is 11.8 Å². The van der Waals surface area contributed by atoms with Gasteiger partial charge in [-0.05, 0) is 6.92 Å². The number of rotatable bonds is 3. The molecule has 4 nitrogen and oxygen atoms in total. The summed E-state index contributed by atoms with van der Waals surface area (Å²) in [7, 11) is 1.62. The van der Waals surface area contributed by atoms with Gasteiger partial charge in [-0.2, -0.15) is 5.10 Å². The fourth-order valence-corrected chi connectivity index (χ4v) is 1.13. The van der Waals surface area contributed by atoms with E-state index in [1.807, 2.05) is 0 Å². The number of halogens is 2. The quantitative estimate of drug-likeness (QED) is 0.614. The molecule has 0 saturated carbocycles. The Morgan fingerprint density at radius 2 is 2.27 bits per heavy atom. The van der Waals surface area contributed by atoms with Crippen LogP contribution in [0.5, 0.6) is 0 Å². The molecule has 1 N–H and O–H groups in total. The van der Waals surface area contributed by atoms with Gasteiger partial charge in [0.1, 0.15) is 5.76 Å². The number of aromatic nitrogens is 2. The molecule has 1 aromatic rings. The van der Waals surface area contributed by atoms with Crippen molar-refractivity contribution in [2.24, 2.45) is 7.05 Å². The second-order valence-electron chi connectivity index (χ2n) is 3.03. The van der Waals surface area contributed by atoms with Gasteiger partial charge in [0.15, 0.2) is 0 Å². The third-order valence-electron chi connectivity index (χ3n) is 1.78. The molecule has 0 aliphatic heterocycles. The van der Waals surface area contributed by atoms with Gasteiger partial charge in [-0.15, -0.1) is 0 Å². The van der Waals surface area contributed by atoms with Crippen molar-refractivity contribution in [3.05, 3.63) is 23.5 Å². The van der Waals surface area contributed by atoms with Crippen molar-refractivity contribution >= 4 is 11.5 Å². The monoisotopic (exact) mass is 216 g/mol. The molecule has 0 amide bonds. The second kappa shape index (κ2) is 4.20. The average molecular weight is 216 g/mol. The Kier molecular flexibility index (Phi) is 3.18. The number of carbonyl (C=O) groups is 1. The molecule has 0 bridgehead atoms. The van der Waals surface area contributed by atoms with Gasteiger partial charge >= 0.3 is 0 Å². The minimum atomic E-state index is -3.11. The summed E-state index contributed by atoms with van der Waals surface area (Å²) in [6.07, 6.45) is -1.15. The topological polar surface area (TPSA) is 55.1 Å². The SMILES string of the molecule is Cc1nn(C)cc1/C(O)=C/C(=O)C(F)F. The van der Waals surface area contributed by atoms with E-state index in [2.05, 4.69) is 5.10 Å². The minimum absolute atomic E-state index is 0.270. The summed E-state index contributed by atoms with van der Waals surface area (Å²) in [5, 5.41) is 13.3. The van der Waals surface area contributed by atoms with Gasteiger partial charge in [0.2, 0.25) is 5.78 Å². The average Bonchev–Trinajstić information content (AvgIpc) is 2.44. The zero-order chi connectivity index (χ0) is 11.6. The fraction of sp³-hybridized carbons (Fsp3) is 0.333. The Hall–Kier alpha value is -1.72. The van der Waals surface area contributed by atoms with E-state index in [9.17, 15) is 18.7 Å². The fourth-order valence-electron chi connectivity index (χ4n) is 1.13. The van der Waals surface area contributed by atoms with E-state index in [-0.39, 0.29) is 5.56 Å². The predicted octanol–water partition coefficient (Wildman–Crippen LogP) is 1.46. The Balaban J connectivity index is 2.99. The van der Waals surface area contributed by atoms with Crippen molar-refractivity contribution in [3.8, 4) is 0 Å². The Morgan fingerprint density at radius 3 is 2.67 bits per heavy atom. The Labute approximate surface area is 84.8 Å². The number of aryl methyl sites for hydroxylation is 2. The molecule has 0 radical (unpaired) electrons. The van der Waals surface area contributed by atoms with Crippen molar-refractivity contribution < 1.29 is 18.7 Å². The number of allylic oxidation sites excluding steroid dienone is 1. The third-order valence-corrected chi connectivity index (χ3v) is 1.78. The zero-order valence-corrected chi connectivity index (χ0v) is 8.24. The summed E-state index contributed by atoms with van der Waals surface area (Å²) in [6.45, 7) is 1.60. The van der Waals surface area contributed by atoms with Crippen molar-refractivity contribution in [1.82, 2.24) is 9.78 Å². The molecule has 15 heavy (non-hydrogen) atoms. The van der Waals surface area contributed by atoms with Gasteiger partial charge in [0.05, 0.1) is 11.3 Å². The van der Waals surface area contributed by atoms with Crippen LogP contribution in [0.15, 0.2) is 12.3 Å². The number of alkyl halides is 2. The molecule has 0 aliphatic rings. The van der Waals surface area contributed by atoms with Crippen LogP contribution < -0.4 is 0 Å². The third kappa shape index (κ3) is 2.61. The summed E-state index contributed by atoms with van der Waals surface area (Å²) in [6, 6.07) is 0. The molecule has 82 valence electrons. The molecule has 6 heteroatoms. The van der Waals surface area contributed by atoms with Gasteiger partial charge < -0.3 is 5.11 Å². The van der Waals surface area contributed by atoms with E-state index in [4.69, 9.17) is 0 Å². The molecular formula is C9H10F2N2O2. The molecule has 1 aromatic heterocycles. The van der Waals surface area contributed by atoms with Crippen molar-refractivity contribution in [3.63, 3.8) is 0 Å². The standard InChI is InChI=1S/C9H10F2N2O2/c1-5-6(4-13(2)12-5)7(14)3-8(15)9(10)11/h3-4,9,14H,1-2H3/b7-3-. The predicted molar refractivity (Wildman–Crippen MR) is 49.6 cm³/mol. The summed E-state index contributed by atoms with van der Waals surface area (Å²) in [4.78, 5) is 10.6. The van der Waals surface area contributed by atoms with Crippen LogP contribution in [0.25, 0.3) is 5.76 Å². The maximum Gasteiger partial charge on any atom is 0.300 e. The van der Waals surface area contributed by atoms with Gasteiger partial charge in [0.25, 0.3) is 6.43 Å². The van der Waals surface area contributed by atoms with Gasteiger partial charge in [-0.25, -0.2) is 8.78 Å². The number of ketones is 1. The second-order valence-corrected chi connectivity index (χ2v) is 3.03. The Bertz CT molecular complexity index is 410. The highest BCUT2D eigenvalue weighted by Crippen LogP contribution is 2.15. The smallest absolute Gasteiger partial charge is 0.300 e. The normalized spacial score (nSPS) is 12.2. The van der Waals surface area contributed by atoms with Crippen LogP contribution in [0.1, 0.15) is 11.3 Å². The van der Waals surface area contributed by atoms with Crippen LogP contribution in [-0.4, -0.2) is 27.1 Å². The van der Waals surface area contributed by atoms with E-state index >= 15 is 0 Å². The summed E-state index contributed by atoms with van der Waals surface area (Å²) >= 11 is 0. The van der Waals surface area contributed by atoms with Crippen LogP contribution in [0.4, 0.5) is 8.78 Å². The lowest BCUT2D eigenvalue weighted by atomic mass is 10.2. The van der Waals surface area contributed by atoms with Crippen molar-refractivity contribution in [2.75, 3.05) is 0 Å². The lowest BCUT2D eigenvalue weighted by Crippen LogP contribution is -2.06. The highest BCUT2D eigenvalue weighted by molar-refractivity contribution is 5.97. The van der Waals surface area contributed by atoms with E-state index in [0.717, 1.165) is 0 Å². The van der Waals surface area contributed by atoms with Crippen molar-refractivity contribution in [2.45, 2.75) is 13.3 Å². The first kappa shape index (κ1) is 11.4. The maximum atomic E-state index is 11.9. The summed E-state index contributed by atoms with van der Waals surface area (Å²) in [5.74, 6) is -1.92. The maximum absolute atomic E-state index is 11.9. The first-order chi connectivity index (χ1) is 6.91. The first-order valence-corrected chi connectivity index (χ1v) is 4.15. The highest BCUT2D eigenvalue weighted by Gasteiger charge is 2.15. The molecule has 1 heterocycles. The lowest BCUT2D eigenvalue weighted by molar-refractivity contribution is -0.124. The highest BCUT2D eigenvalue weighted by atomic mass is 19.3. The molecule has 0 fully saturated rings. The van der Waals surface area contributed by atoms with E-state index in [0.29, 0.717) is 11.8 Å². The largest absolute Gasteiger partial charge is 0.507 e. The molecule has 0 spiro atoms. The zero-order valence-electron chi connectivity index (χ0n) is 8.24. The van der Waals surface area contributed by atoms with Crippen LogP contribution >= 0.6 is 0 Å².